The standard InChI is InChI=1S/C8H7NS2/c10-6-2-1-5-3-8(11)9-7(5)4-6/h1-4,9-11H. The normalized spacial score (nSPS) is 10.7. The number of hydrogen-bond donors (Lipinski definition) is 3. The zero-order valence-electron chi connectivity index (χ0n) is 5.70. The number of H-pyrrole nitrogens is 1. The van der Waals surface area contributed by atoms with Crippen molar-refractivity contribution in [2.75, 3.05) is 0 Å². The van der Waals surface area contributed by atoms with Gasteiger partial charge in [-0.15, -0.1) is 25.3 Å². The second kappa shape index (κ2) is 2.50. The van der Waals surface area contributed by atoms with Gasteiger partial charge in [0.1, 0.15) is 0 Å². The zero-order valence-corrected chi connectivity index (χ0v) is 7.49. The maximum atomic E-state index is 4.22. The Kier molecular flexibility index (Phi) is 1.62. The Bertz CT molecular complexity index is 392. The first-order valence-corrected chi connectivity index (χ1v) is 4.16. The first-order chi connectivity index (χ1) is 5.25. The monoisotopic (exact) mass is 181 g/mol. The molecule has 0 bridgehead atoms. The average Bonchev–Trinajstić information content (AvgIpc) is 2.27. The average molecular weight is 181 g/mol. The highest BCUT2D eigenvalue weighted by Gasteiger charge is 1.96. The maximum Gasteiger partial charge on any atom is 0.0701 e. The van der Waals surface area contributed by atoms with Gasteiger partial charge in [0.05, 0.1) is 5.03 Å². The summed E-state index contributed by atoms with van der Waals surface area (Å²) in [5, 5.41) is 2.06. The molecule has 0 atom stereocenters. The first kappa shape index (κ1) is 7.13. The smallest absolute Gasteiger partial charge is 0.0701 e. The minimum Gasteiger partial charge on any atom is -0.350 e. The van der Waals surface area contributed by atoms with Gasteiger partial charge in [-0.05, 0) is 18.2 Å². The van der Waals surface area contributed by atoms with Crippen molar-refractivity contribution >= 4 is 36.2 Å². The highest BCUT2D eigenvalue weighted by molar-refractivity contribution is 7.80. The summed E-state index contributed by atoms with van der Waals surface area (Å²) in [6.07, 6.45) is 0. The molecule has 1 heterocycles. The van der Waals surface area contributed by atoms with Crippen molar-refractivity contribution in [1.29, 1.82) is 0 Å². The highest BCUT2D eigenvalue weighted by atomic mass is 32.1. The second-order valence-corrected chi connectivity index (χ2v) is 3.42. The molecule has 56 valence electrons. The van der Waals surface area contributed by atoms with E-state index in [1.807, 2.05) is 24.3 Å². The van der Waals surface area contributed by atoms with Crippen LogP contribution in [-0.4, -0.2) is 4.98 Å². The number of benzene rings is 1. The Labute approximate surface area is 75.6 Å². The summed E-state index contributed by atoms with van der Waals surface area (Å²) in [7, 11) is 0. The van der Waals surface area contributed by atoms with Gasteiger partial charge in [-0.2, -0.15) is 0 Å². The van der Waals surface area contributed by atoms with Crippen LogP contribution in [0.1, 0.15) is 0 Å². The third kappa shape index (κ3) is 1.26. The van der Waals surface area contributed by atoms with E-state index in [4.69, 9.17) is 0 Å². The summed E-state index contributed by atoms with van der Waals surface area (Å²) in [4.78, 5) is 4.08. The van der Waals surface area contributed by atoms with Gasteiger partial charge in [-0.3, -0.25) is 0 Å². The molecular formula is C8H7NS2. The summed E-state index contributed by atoms with van der Waals surface area (Å²) in [6, 6.07) is 7.96. The van der Waals surface area contributed by atoms with Crippen molar-refractivity contribution in [2.45, 2.75) is 9.92 Å². The minimum absolute atomic E-state index is 0.888. The summed E-state index contributed by atoms with van der Waals surface area (Å²) in [5.74, 6) is 0. The van der Waals surface area contributed by atoms with E-state index in [1.165, 1.54) is 5.39 Å². The number of aromatic amines is 1. The van der Waals surface area contributed by atoms with Gasteiger partial charge >= 0.3 is 0 Å². The molecule has 0 aliphatic heterocycles. The van der Waals surface area contributed by atoms with E-state index in [-0.39, 0.29) is 0 Å². The Hall–Kier alpha value is -0.540. The molecule has 2 aromatic rings. The minimum atomic E-state index is 0.888. The molecule has 1 nitrogen and oxygen atoms in total. The molecule has 0 spiro atoms. The topological polar surface area (TPSA) is 15.8 Å². The summed E-state index contributed by atoms with van der Waals surface area (Å²) >= 11 is 8.42. The first-order valence-electron chi connectivity index (χ1n) is 3.26. The van der Waals surface area contributed by atoms with Crippen molar-refractivity contribution < 1.29 is 0 Å². The molecule has 3 heteroatoms. The Morgan fingerprint density at radius 2 is 1.91 bits per heavy atom. The molecular weight excluding hydrogens is 174 g/mol. The van der Waals surface area contributed by atoms with Crippen LogP contribution < -0.4 is 0 Å². The largest absolute Gasteiger partial charge is 0.350 e. The second-order valence-electron chi connectivity index (χ2n) is 2.43. The van der Waals surface area contributed by atoms with Crippen LogP contribution in [-0.2, 0) is 0 Å². The molecule has 0 aliphatic rings. The summed E-state index contributed by atoms with van der Waals surface area (Å²) in [5.41, 5.74) is 1.09. The van der Waals surface area contributed by atoms with E-state index in [0.717, 1.165) is 15.4 Å². The van der Waals surface area contributed by atoms with Crippen LogP contribution in [0.15, 0.2) is 34.2 Å². The van der Waals surface area contributed by atoms with Gasteiger partial charge in [-0.1, -0.05) is 6.07 Å². The van der Waals surface area contributed by atoms with E-state index >= 15 is 0 Å². The van der Waals surface area contributed by atoms with Gasteiger partial charge in [-0.25, -0.2) is 0 Å². The van der Waals surface area contributed by atoms with Gasteiger partial charge in [0.25, 0.3) is 0 Å². The third-order valence-corrected chi connectivity index (χ3v) is 2.11. The lowest BCUT2D eigenvalue weighted by Gasteiger charge is -1.89. The van der Waals surface area contributed by atoms with Crippen molar-refractivity contribution in [3.63, 3.8) is 0 Å². The van der Waals surface area contributed by atoms with Crippen LogP contribution in [0.4, 0.5) is 0 Å². The van der Waals surface area contributed by atoms with E-state index < -0.39 is 0 Å². The van der Waals surface area contributed by atoms with Crippen molar-refractivity contribution in [3.05, 3.63) is 24.3 Å². The number of nitrogens with one attached hydrogen (secondary N) is 1. The molecule has 0 fully saturated rings. The van der Waals surface area contributed by atoms with Crippen LogP contribution in [0, 0.1) is 0 Å². The van der Waals surface area contributed by atoms with Crippen LogP contribution in [0.2, 0.25) is 0 Å². The highest BCUT2D eigenvalue weighted by Crippen LogP contribution is 2.20. The molecule has 0 aliphatic carbocycles. The number of fused-ring (bicyclic) bond motifs is 1. The molecule has 0 amide bonds. The lowest BCUT2D eigenvalue weighted by atomic mass is 10.2. The fourth-order valence-electron chi connectivity index (χ4n) is 1.10. The lowest BCUT2D eigenvalue weighted by Crippen LogP contribution is -1.67. The van der Waals surface area contributed by atoms with Gasteiger partial charge in [0.2, 0.25) is 0 Å². The number of thiol groups is 2. The molecule has 0 saturated carbocycles. The van der Waals surface area contributed by atoms with E-state index in [9.17, 15) is 0 Å². The maximum absolute atomic E-state index is 4.22. The number of hydrogen-bond acceptors (Lipinski definition) is 2. The Morgan fingerprint density at radius 3 is 2.73 bits per heavy atom. The Balaban J connectivity index is 2.82. The zero-order chi connectivity index (χ0) is 7.84. The van der Waals surface area contributed by atoms with E-state index in [0.29, 0.717) is 0 Å². The van der Waals surface area contributed by atoms with Crippen molar-refractivity contribution in [1.82, 2.24) is 4.98 Å². The van der Waals surface area contributed by atoms with Gasteiger partial charge in [0.15, 0.2) is 0 Å². The fourth-order valence-corrected chi connectivity index (χ4v) is 1.56. The summed E-state index contributed by atoms with van der Waals surface area (Å²) < 4.78 is 0. The van der Waals surface area contributed by atoms with E-state index in [1.54, 1.807) is 0 Å². The fraction of sp³-hybridized carbons (Fsp3) is 0. The molecule has 1 aromatic carbocycles. The van der Waals surface area contributed by atoms with Crippen LogP contribution in [0.5, 0.6) is 0 Å². The number of aromatic nitrogens is 1. The van der Waals surface area contributed by atoms with Gasteiger partial charge < -0.3 is 4.98 Å². The van der Waals surface area contributed by atoms with Crippen molar-refractivity contribution in [2.24, 2.45) is 0 Å². The molecule has 2 rings (SSSR count). The predicted octanol–water partition coefficient (Wildman–Crippen LogP) is 2.75. The van der Waals surface area contributed by atoms with Crippen LogP contribution >= 0.6 is 25.3 Å². The quantitative estimate of drug-likeness (QED) is 0.518. The van der Waals surface area contributed by atoms with E-state index in [2.05, 4.69) is 30.2 Å². The molecule has 0 saturated heterocycles. The molecule has 0 radical (unpaired) electrons. The number of rotatable bonds is 0. The van der Waals surface area contributed by atoms with Crippen LogP contribution in [0.3, 0.4) is 0 Å². The predicted molar refractivity (Wildman–Crippen MR) is 52.8 cm³/mol. The third-order valence-electron chi connectivity index (χ3n) is 1.59. The molecule has 11 heavy (non-hydrogen) atoms. The SMILES string of the molecule is Sc1ccc2cc(S)[nH]c2c1. The molecule has 1 aromatic heterocycles. The molecule has 0 unspecified atom stereocenters. The van der Waals surface area contributed by atoms with Crippen LogP contribution in [0.25, 0.3) is 10.9 Å². The lowest BCUT2D eigenvalue weighted by molar-refractivity contribution is 1.25. The van der Waals surface area contributed by atoms with Gasteiger partial charge in [0, 0.05) is 15.8 Å². The van der Waals surface area contributed by atoms with Crippen molar-refractivity contribution in [3.8, 4) is 0 Å². The summed E-state index contributed by atoms with van der Waals surface area (Å²) in [6.45, 7) is 0. The molecule has 1 N–H and O–H groups in total. The Morgan fingerprint density at radius 1 is 1.09 bits per heavy atom.